The van der Waals surface area contributed by atoms with Gasteiger partial charge in [0.15, 0.2) is 0 Å². The zero-order valence-corrected chi connectivity index (χ0v) is 7.77. The van der Waals surface area contributed by atoms with Gasteiger partial charge in [0.2, 0.25) is 0 Å². The molecule has 0 amide bonds. The quantitative estimate of drug-likeness (QED) is 0.308. The third kappa shape index (κ3) is 4.94. The first-order valence-electron chi connectivity index (χ1n) is 4.00. The van der Waals surface area contributed by atoms with E-state index >= 15 is 0 Å². The molecule has 0 atom stereocenters. The van der Waals surface area contributed by atoms with Crippen LogP contribution in [0.3, 0.4) is 0 Å². The summed E-state index contributed by atoms with van der Waals surface area (Å²) in [6.07, 6.45) is 3.81. The van der Waals surface area contributed by atoms with Gasteiger partial charge in [-0.1, -0.05) is 6.58 Å². The van der Waals surface area contributed by atoms with Gasteiger partial charge in [0.25, 0.3) is 5.70 Å². The predicted octanol–water partition coefficient (Wildman–Crippen LogP) is -0.319. The van der Waals surface area contributed by atoms with Gasteiger partial charge >= 0.3 is 0 Å². The molecule has 0 aromatic heterocycles. The number of nitrogens with one attached hydrogen (secondary N) is 1. The molecule has 0 rings (SSSR count). The van der Waals surface area contributed by atoms with E-state index in [4.69, 9.17) is 11.5 Å². The van der Waals surface area contributed by atoms with Crippen LogP contribution in [0.2, 0.25) is 0 Å². The van der Waals surface area contributed by atoms with E-state index in [1.54, 1.807) is 0 Å². The second-order valence-electron chi connectivity index (χ2n) is 2.39. The van der Waals surface area contributed by atoms with Crippen LogP contribution < -0.4 is 16.8 Å². The lowest BCUT2D eigenvalue weighted by molar-refractivity contribution is -0.418. The minimum Gasteiger partial charge on any atom is -0.386 e. The van der Waals surface area contributed by atoms with E-state index < -0.39 is 4.92 Å². The first kappa shape index (κ1) is 12.2. The fourth-order valence-electron chi connectivity index (χ4n) is 0.654. The van der Waals surface area contributed by atoms with Crippen LogP contribution in [0.1, 0.15) is 0 Å². The lowest BCUT2D eigenvalue weighted by Crippen LogP contribution is -2.26. The van der Waals surface area contributed by atoms with Crippen LogP contribution in [0.4, 0.5) is 0 Å². The van der Waals surface area contributed by atoms with Crippen molar-refractivity contribution in [3.05, 3.63) is 46.4 Å². The molecule has 0 aliphatic heterocycles. The van der Waals surface area contributed by atoms with E-state index in [-0.39, 0.29) is 5.70 Å². The van der Waals surface area contributed by atoms with Crippen LogP contribution in [0.15, 0.2) is 36.3 Å². The summed E-state index contributed by atoms with van der Waals surface area (Å²) in [4.78, 5) is 9.77. The molecule has 0 heterocycles. The molecule has 0 radical (unpaired) electrons. The van der Waals surface area contributed by atoms with E-state index in [1.165, 1.54) is 12.2 Å². The number of nitrogens with zero attached hydrogens (tertiary/aromatic N) is 1. The van der Waals surface area contributed by atoms with E-state index in [9.17, 15) is 10.1 Å². The predicted molar refractivity (Wildman–Crippen MR) is 54.6 cm³/mol. The fourth-order valence-corrected chi connectivity index (χ4v) is 0.654. The van der Waals surface area contributed by atoms with E-state index in [0.29, 0.717) is 18.9 Å². The van der Waals surface area contributed by atoms with Crippen LogP contribution in [-0.4, -0.2) is 18.0 Å². The Balaban J connectivity index is 4.34. The second-order valence-corrected chi connectivity index (χ2v) is 2.39. The van der Waals surface area contributed by atoms with Crippen LogP contribution in [-0.2, 0) is 0 Å². The third-order valence-corrected chi connectivity index (χ3v) is 1.33. The molecule has 0 fully saturated rings. The number of nitrogens with two attached hydrogens (primary N) is 2. The van der Waals surface area contributed by atoms with Gasteiger partial charge < -0.3 is 16.8 Å². The standard InChI is InChI=1S/C8H14N4O2/c1-2-7(12(13)14)3-4-8(10)11-6-5-9/h2-4,11H,1,5-6,9-10H2/b7-3+,8-4+. The highest BCUT2D eigenvalue weighted by Crippen LogP contribution is 1.96. The minimum atomic E-state index is -0.542. The zero-order valence-electron chi connectivity index (χ0n) is 7.77. The molecule has 0 aromatic carbocycles. The van der Waals surface area contributed by atoms with Gasteiger partial charge in [-0.2, -0.15) is 0 Å². The monoisotopic (exact) mass is 198 g/mol. The Kier molecular flexibility index (Phi) is 5.80. The van der Waals surface area contributed by atoms with E-state index in [2.05, 4.69) is 11.9 Å². The largest absolute Gasteiger partial charge is 0.386 e. The molecule has 0 unspecified atom stereocenters. The van der Waals surface area contributed by atoms with Crippen molar-refractivity contribution < 1.29 is 4.92 Å². The van der Waals surface area contributed by atoms with Crippen molar-refractivity contribution in [1.82, 2.24) is 5.32 Å². The minimum absolute atomic E-state index is 0.109. The molecule has 6 heteroatoms. The molecule has 5 N–H and O–H groups in total. The zero-order chi connectivity index (χ0) is 11.0. The van der Waals surface area contributed by atoms with Crippen molar-refractivity contribution >= 4 is 0 Å². The summed E-state index contributed by atoms with van der Waals surface area (Å²) in [7, 11) is 0. The Morgan fingerprint density at radius 1 is 1.57 bits per heavy atom. The summed E-state index contributed by atoms with van der Waals surface area (Å²) in [5, 5.41) is 13.1. The highest BCUT2D eigenvalue weighted by Gasteiger charge is 2.01. The normalized spacial score (nSPS) is 12.4. The lowest BCUT2D eigenvalue weighted by Gasteiger charge is -2.01. The topological polar surface area (TPSA) is 107 Å². The molecule has 0 spiro atoms. The average Bonchev–Trinajstić information content (AvgIpc) is 2.15. The molecule has 0 saturated heterocycles. The summed E-state index contributed by atoms with van der Waals surface area (Å²) in [5.74, 6) is 0.330. The summed E-state index contributed by atoms with van der Waals surface area (Å²) in [6, 6.07) is 0. The molecular weight excluding hydrogens is 184 g/mol. The number of nitro groups is 1. The molecule has 0 aromatic rings. The fraction of sp³-hybridized carbons (Fsp3) is 0.250. The average molecular weight is 198 g/mol. The summed E-state index contributed by atoms with van der Waals surface area (Å²) in [5.41, 5.74) is 10.6. The molecule has 6 nitrogen and oxygen atoms in total. The Morgan fingerprint density at radius 3 is 2.64 bits per heavy atom. The van der Waals surface area contributed by atoms with Gasteiger partial charge in [-0.25, -0.2) is 0 Å². The van der Waals surface area contributed by atoms with Gasteiger partial charge in [0.05, 0.1) is 10.7 Å². The van der Waals surface area contributed by atoms with Crippen molar-refractivity contribution in [1.29, 1.82) is 0 Å². The van der Waals surface area contributed by atoms with Gasteiger partial charge in [-0.15, -0.1) is 0 Å². The number of hydrogen-bond donors (Lipinski definition) is 3. The molecular formula is C8H14N4O2. The Morgan fingerprint density at radius 2 is 2.21 bits per heavy atom. The summed E-state index contributed by atoms with van der Waals surface area (Å²) < 4.78 is 0. The number of rotatable bonds is 6. The number of allylic oxidation sites excluding steroid dienone is 3. The van der Waals surface area contributed by atoms with Gasteiger partial charge in [0.1, 0.15) is 0 Å². The van der Waals surface area contributed by atoms with Crippen molar-refractivity contribution in [3.63, 3.8) is 0 Å². The van der Waals surface area contributed by atoms with Crippen LogP contribution in [0.25, 0.3) is 0 Å². The molecule has 78 valence electrons. The molecule has 0 saturated carbocycles. The lowest BCUT2D eigenvalue weighted by atomic mass is 10.4. The third-order valence-electron chi connectivity index (χ3n) is 1.33. The number of hydrogen-bond acceptors (Lipinski definition) is 5. The Hall–Kier alpha value is -1.82. The van der Waals surface area contributed by atoms with Crippen LogP contribution in [0, 0.1) is 10.1 Å². The summed E-state index contributed by atoms with van der Waals surface area (Å²) in [6.45, 7) is 4.27. The van der Waals surface area contributed by atoms with Crippen LogP contribution in [0.5, 0.6) is 0 Å². The Labute approximate surface area is 82.1 Å². The first-order valence-corrected chi connectivity index (χ1v) is 4.00. The van der Waals surface area contributed by atoms with Gasteiger partial charge in [-0.05, 0) is 6.08 Å². The van der Waals surface area contributed by atoms with E-state index in [0.717, 1.165) is 6.08 Å². The van der Waals surface area contributed by atoms with E-state index in [1.807, 2.05) is 0 Å². The molecule has 14 heavy (non-hydrogen) atoms. The maximum Gasteiger partial charge on any atom is 0.268 e. The van der Waals surface area contributed by atoms with Crippen molar-refractivity contribution in [3.8, 4) is 0 Å². The summed E-state index contributed by atoms with van der Waals surface area (Å²) >= 11 is 0. The van der Waals surface area contributed by atoms with Crippen molar-refractivity contribution in [2.24, 2.45) is 11.5 Å². The van der Waals surface area contributed by atoms with Gasteiger partial charge in [-0.3, -0.25) is 10.1 Å². The maximum absolute atomic E-state index is 10.3. The van der Waals surface area contributed by atoms with Crippen molar-refractivity contribution in [2.45, 2.75) is 0 Å². The smallest absolute Gasteiger partial charge is 0.268 e. The second kappa shape index (κ2) is 6.67. The molecule has 0 aliphatic carbocycles. The highest BCUT2D eigenvalue weighted by atomic mass is 16.6. The Bertz CT molecular complexity index is 271. The first-order chi connectivity index (χ1) is 6.61. The highest BCUT2D eigenvalue weighted by molar-refractivity contribution is 5.17. The molecule has 0 aliphatic rings. The van der Waals surface area contributed by atoms with Crippen molar-refractivity contribution in [2.75, 3.05) is 13.1 Å². The molecule has 0 bridgehead atoms. The maximum atomic E-state index is 10.3. The SMILES string of the molecule is C=C/C(=C\C=C(/N)NCCN)[N+](=O)[O-]. The van der Waals surface area contributed by atoms with Crippen LogP contribution >= 0.6 is 0 Å². The van der Waals surface area contributed by atoms with Gasteiger partial charge in [0, 0.05) is 25.2 Å².